The summed E-state index contributed by atoms with van der Waals surface area (Å²) in [6, 6.07) is 15.5. The number of nitrogens with one attached hydrogen (secondary N) is 2. The third-order valence-electron chi connectivity index (χ3n) is 7.11. The normalized spacial score (nSPS) is 17.9. The second-order valence-corrected chi connectivity index (χ2v) is 11.6. The first-order chi connectivity index (χ1) is 19.2. The predicted molar refractivity (Wildman–Crippen MR) is 155 cm³/mol. The van der Waals surface area contributed by atoms with E-state index in [4.69, 9.17) is 14.2 Å². The van der Waals surface area contributed by atoms with Gasteiger partial charge in [0.05, 0.1) is 49.7 Å². The first kappa shape index (κ1) is 29.1. The summed E-state index contributed by atoms with van der Waals surface area (Å²) < 4.78 is 15.9. The summed E-state index contributed by atoms with van der Waals surface area (Å²) in [6.07, 6.45) is 1.74. The van der Waals surface area contributed by atoms with E-state index in [1.54, 1.807) is 21.3 Å². The van der Waals surface area contributed by atoms with Crippen molar-refractivity contribution in [1.82, 2.24) is 10.6 Å². The predicted octanol–water partition coefficient (Wildman–Crippen LogP) is 4.87. The lowest BCUT2D eigenvalue weighted by Gasteiger charge is -2.39. The zero-order valence-corrected chi connectivity index (χ0v) is 24.4. The minimum absolute atomic E-state index is 0.0456. The van der Waals surface area contributed by atoms with Crippen molar-refractivity contribution in [2.75, 3.05) is 33.6 Å². The molecule has 0 bridgehead atoms. The number of nitrogens with zero attached hydrogens (tertiary/aromatic N) is 1. The number of Topliss-reactive ketones (excluding diaryl/α,β-unsaturated/α-hetero) is 1. The van der Waals surface area contributed by atoms with Gasteiger partial charge < -0.3 is 24.8 Å². The summed E-state index contributed by atoms with van der Waals surface area (Å²) in [4.78, 5) is 26.1. The van der Waals surface area contributed by atoms with Gasteiger partial charge in [0.25, 0.3) is 0 Å². The van der Waals surface area contributed by atoms with E-state index >= 15 is 0 Å². The molecule has 4 rings (SSSR count). The van der Waals surface area contributed by atoms with Gasteiger partial charge in [-0.3, -0.25) is 9.59 Å². The highest BCUT2D eigenvalue weighted by Crippen LogP contribution is 2.48. The second kappa shape index (κ2) is 12.5. The minimum Gasteiger partial charge on any atom is -0.497 e. The zero-order chi connectivity index (χ0) is 28.9. The monoisotopic (exact) mass is 561 g/mol. The van der Waals surface area contributed by atoms with Crippen molar-refractivity contribution in [2.24, 2.45) is 5.41 Å². The number of dihydropyridines is 1. The molecule has 0 radical (unpaired) electrons. The van der Waals surface area contributed by atoms with E-state index in [-0.39, 0.29) is 22.9 Å². The molecule has 1 amide bonds. The number of rotatable bonds is 10. The van der Waals surface area contributed by atoms with E-state index in [2.05, 4.69) is 30.6 Å². The maximum atomic E-state index is 13.4. The Labute approximate surface area is 239 Å². The van der Waals surface area contributed by atoms with Crippen LogP contribution in [0.3, 0.4) is 0 Å². The quantitative estimate of drug-likeness (QED) is 0.423. The van der Waals surface area contributed by atoms with Crippen molar-refractivity contribution in [3.05, 3.63) is 75.5 Å². The van der Waals surface area contributed by atoms with Crippen LogP contribution in [0.25, 0.3) is 0 Å². The molecule has 8 nitrogen and oxygen atoms in total. The van der Waals surface area contributed by atoms with Gasteiger partial charge in [-0.25, -0.2) is 0 Å². The molecule has 0 unspecified atom stereocenters. The average molecular weight is 562 g/mol. The standard InChI is InChI=1S/C31H35N3O5S/c1-31(2)15-23-29(24(35)16-31)28(20-7-9-21(37-3)10-8-20)22(17-32)30(34-23)40-18-27(36)33-13-12-19-6-11-25(38-4)26(14-19)39-5/h6-11,14,28,34H,12-13,15-16,18H2,1-5H3,(H,33,36)/t28-/m1/s1. The number of amides is 1. The third kappa shape index (κ3) is 6.45. The van der Waals surface area contributed by atoms with Gasteiger partial charge in [-0.2, -0.15) is 5.26 Å². The fourth-order valence-corrected chi connectivity index (χ4v) is 6.08. The lowest BCUT2D eigenvalue weighted by atomic mass is 9.69. The van der Waals surface area contributed by atoms with E-state index in [0.29, 0.717) is 59.2 Å². The van der Waals surface area contributed by atoms with Gasteiger partial charge in [-0.15, -0.1) is 0 Å². The van der Waals surface area contributed by atoms with Crippen LogP contribution in [-0.4, -0.2) is 45.3 Å². The van der Waals surface area contributed by atoms with Crippen molar-refractivity contribution in [3.63, 3.8) is 0 Å². The number of carbonyl (C=O) groups excluding carboxylic acids is 2. The second-order valence-electron chi connectivity index (χ2n) is 10.6. The van der Waals surface area contributed by atoms with Crippen LogP contribution in [0.4, 0.5) is 0 Å². The third-order valence-corrected chi connectivity index (χ3v) is 8.12. The van der Waals surface area contributed by atoms with Crippen LogP contribution in [-0.2, 0) is 16.0 Å². The van der Waals surface area contributed by atoms with Crippen LogP contribution in [0.15, 0.2) is 64.3 Å². The van der Waals surface area contributed by atoms with E-state index in [0.717, 1.165) is 16.8 Å². The molecule has 2 aromatic carbocycles. The van der Waals surface area contributed by atoms with E-state index in [9.17, 15) is 14.9 Å². The average Bonchev–Trinajstić information content (AvgIpc) is 2.94. The van der Waals surface area contributed by atoms with Crippen LogP contribution < -0.4 is 24.8 Å². The van der Waals surface area contributed by atoms with Crippen LogP contribution in [0.2, 0.25) is 0 Å². The van der Waals surface area contributed by atoms with Crippen molar-refractivity contribution in [2.45, 2.75) is 39.0 Å². The summed E-state index contributed by atoms with van der Waals surface area (Å²) in [5.41, 5.74) is 3.58. The van der Waals surface area contributed by atoms with E-state index in [1.165, 1.54) is 11.8 Å². The number of thioether (sulfide) groups is 1. The SMILES string of the molecule is COc1ccc([C@@H]2C(C#N)=C(SCC(=O)NCCc3ccc(OC)c(OC)c3)NC3=C2C(=O)CC(C)(C)C3)cc1. The summed E-state index contributed by atoms with van der Waals surface area (Å²) in [6.45, 7) is 4.60. The summed E-state index contributed by atoms with van der Waals surface area (Å²) >= 11 is 1.29. The number of hydrogen-bond acceptors (Lipinski definition) is 8. The molecular formula is C31H35N3O5S. The lowest BCUT2D eigenvalue weighted by Crippen LogP contribution is -2.37. The molecule has 0 fully saturated rings. The fraction of sp³-hybridized carbons (Fsp3) is 0.387. The highest BCUT2D eigenvalue weighted by Gasteiger charge is 2.42. The molecule has 2 aromatic rings. The number of allylic oxidation sites excluding steroid dienone is 3. The molecule has 2 N–H and O–H groups in total. The van der Waals surface area contributed by atoms with E-state index in [1.807, 2.05) is 42.5 Å². The van der Waals surface area contributed by atoms with Gasteiger partial charge in [0.15, 0.2) is 17.3 Å². The maximum Gasteiger partial charge on any atom is 0.230 e. The largest absolute Gasteiger partial charge is 0.497 e. The molecule has 210 valence electrons. The molecule has 1 aliphatic heterocycles. The Bertz CT molecular complexity index is 1390. The number of methoxy groups -OCH3 is 3. The van der Waals surface area contributed by atoms with Gasteiger partial charge in [0.2, 0.25) is 5.91 Å². The highest BCUT2D eigenvalue weighted by atomic mass is 32.2. The van der Waals surface area contributed by atoms with Crippen LogP contribution in [0.1, 0.15) is 43.7 Å². The number of carbonyl (C=O) groups is 2. The molecular weight excluding hydrogens is 526 g/mol. The molecule has 0 saturated heterocycles. The Morgan fingerprint density at radius 1 is 1.07 bits per heavy atom. The summed E-state index contributed by atoms with van der Waals surface area (Å²) in [5.74, 6) is 1.54. The fourth-order valence-electron chi connectivity index (χ4n) is 5.19. The molecule has 2 aliphatic rings. The van der Waals surface area contributed by atoms with Crippen LogP contribution >= 0.6 is 11.8 Å². The first-order valence-corrected chi connectivity index (χ1v) is 14.1. The first-order valence-electron chi connectivity index (χ1n) is 13.1. The topological polar surface area (TPSA) is 110 Å². The Balaban J connectivity index is 1.49. The number of nitriles is 1. The Hall–Kier alpha value is -3.90. The number of ether oxygens (including phenoxy) is 3. The lowest BCUT2D eigenvalue weighted by molar-refractivity contribution is -0.119. The van der Waals surface area contributed by atoms with Crippen LogP contribution in [0, 0.1) is 16.7 Å². The van der Waals surface area contributed by atoms with E-state index < -0.39 is 5.92 Å². The number of benzene rings is 2. The molecule has 9 heteroatoms. The van der Waals surface area contributed by atoms with Crippen molar-refractivity contribution >= 4 is 23.5 Å². The van der Waals surface area contributed by atoms with Crippen molar-refractivity contribution in [1.29, 1.82) is 5.26 Å². The molecule has 0 aromatic heterocycles. The van der Waals surface area contributed by atoms with Gasteiger partial charge in [0, 0.05) is 24.2 Å². The molecule has 0 spiro atoms. The molecule has 0 saturated carbocycles. The molecule has 40 heavy (non-hydrogen) atoms. The summed E-state index contributed by atoms with van der Waals surface area (Å²) in [5, 5.41) is 17.2. The van der Waals surface area contributed by atoms with Gasteiger partial charge in [-0.05, 0) is 53.6 Å². The zero-order valence-electron chi connectivity index (χ0n) is 23.6. The highest BCUT2D eigenvalue weighted by molar-refractivity contribution is 8.03. The molecule has 1 heterocycles. The molecule has 1 aliphatic carbocycles. The minimum atomic E-state index is -0.494. The Kier molecular flexibility index (Phi) is 9.10. The van der Waals surface area contributed by atoms with Crippen LogP contribution in [0.5, 0.6) is 17.2 Å². The smallest absolute Gasteiger partial charge is 0.230 e. The van der Waals surface area contributed by atoms with Crippen molar-refractivity contribution in [3.8, 4) is 23.3 Å². The summed E-state index contributed by atoms with van der Waals surface area (Å²) in [7, 11) is 4.78. The molecule has 1 atom stereocenters. The number of ketones is 1. The Morgan fingerprint density at radius 2 is 1.80 bits per heavy atom. The van der Waals surface area contributed by atoms with Gasteiger partial charge >= 0.3 is 0 Å². The van der Waals surface area contributed by atoms with Gasteiger partial charge in [0.1, 0.15) is 5.75 Å². The van der Waals surface area contributed by atoms with Crippen molar-refractivity contribution < 1.29 is 23.8 Å². The number of hydrogen-bond donors (Lipinski definition) is 2. The van der Waals surface area contributed by atoms with Gasteiger partial charge in [-0.1, -0.05) is 43.8 Å². The Morgan fingerprint density at radius 3 is 2.45 bits per heavy atom. The maximum absolute atomic E-state index is 13.4.